The van der Waals surface area contributed by atoms with Crippen LogP contribution in [0, 0.1) is 0 Å². The van der Waals surface area contributed by atoms with Gasteiger partial charge in [-0.1, -0.05) is 70.2 Å². The van der Waals surface area contributed by atoms with Crippen LogP contribution in [-0.4, -0.2) is 4.98 Å². The first-order chi connectivity index (χ1) is 16.9. The Morgan fingerprint density at radius 3 is 1.71 bits per heavy atom. The fraction of sp³-hybridized carbons (Fsp3) is 0.182. The van der Waals surface area contributed by atoms with Crippen LogP contribution in [0.1, 0.15) is 49.9 Å². The molecule has 0 amide bonds. The van der Waals surface area contributed by atoms with Crippen LogP contribution in [0.15, 0.2) is 97.2 Å². The van der Waals surface area contributed by atoms with E-state index in [1.807, 2.05) is 6.20 Å². The van der Waals surface area contributed by atoms with Gasteiger partial charge < -0.3 is 4.90 Å². The van der Waals surface area contributed by atoms with E-state index in [0.717, 1.165) is 5.52 Å². The van der Waals surface area contributed by atoms with Gasteiger partial charge in [-0.15, -0.1) is 0 Å². The molecule has 1 heterocycles. The van der Waals surface area contributed by atoms with Crippen molar-refractivity contribution in [1.82, 2.24) is 4.98 Å². The molecule has 2 aliphatic carbocycles. The molecule has 170 valence electrons. The van der Waals surface area contributed by atoms with Gasteiger partial charge in [0.1, 0.15) is 0 Å². The van der Waals surface area contributed by atoms with Crippen LogP contribution in [-0.2, 0) is 10.8 Å². The van der Waals surface area contributed by atoms with Crippen LogP contribution in [0.25, 0.3) is 22.0 Å². The fourth-order valence-electron chi connectivity index (χ4n) is 6.45. The Morgan fingerprint density at radius 1 is 0.543 bits per heavy atom. The summed E-state index contributed by atoms with van der Waals surface area (Å²) in [4.78, 5) is 7.14. The fourth-order valence-corrected chi connectivity index (χ4v) is 6.45. The van der Waals surface area contributed by atoms with Crippen LogP contribution in [0.5, 0.6) is 0 Å². The normalized spacial score (nSPS) is 15.9. The third kappa shape index (κ3) is 2.63. The van der Waals surface area contributed by atoms with Crippen molar-refractivity contribution in [1.29, 1.82) is 0 Å². The van der Waals surface area contributed by atoms with Gasteiger partial charge in [0.05, 0.1) is 5.52 Å². The van der Waals surface area contributed by atoms with E-state index in [1.165, 1.54) is 55.8 Å². The lowest BCUT2D eigenvalue weighted by atomic mass is 9.69. The first-order valence-corrected chi connectivity index (χ1v) is 12.4. The smallest absolute Gasteiger partial charge is 0.0711 e. The molecule has 2 aliphatic rings. The maximum absolute atomic E-state index is 4.75. The average molecular weight is 453 g/mol. The molecule has 5 aromatic rings. The van der Waals surface area contributed by atoms with Crippen molar-refractivity contribution in [2.24, 2.45) is 0 Å². The molecule has 35 heavy (non-hydrogen) atoms. The number of anilines is 3. The summed E-state index contributed by atoms with van der Waals surface area (Å²) in [6, 6.07) is 33.0. The molecule has 2 nitrogen and oxygen atoms in total. The molecule has 1 aromatic heterocycles. The monoisotopic (exact) mass is 452 g/mol. The highest BCUT2D eigenvalue weighted by Gasteiger charge is 2.45. The van der Waals surface area contributed by atoms with Crippen molar-refractivity contribution in [3.8, 4) is 11.1 Å². The van der Waals surface area contributed by atoms with Crippen molar-refractivity contribution in [3.63, 3.8) is 0 Å². The molecule has 0 saturated carbocycles. The van der Waals surface area contributed by atoms with Gasteiger partial charge in [-0.25, -0.2) is 0 Å². The van der Waals surface area contributed by atoms with Gasteiger partial charge in [0.2, 0.25) is 0 Å². The van der Waals surface area contributed by atoms with Crippen molar-refractivity contribution >= 4 is 28.0 Å². The van der Waals surface area contributed by atoms with Gasteiger partial charge in [0.25, 0.3) is 0 Å². The second-order valence-electron chi connectivity index (χ2n) is 10.9. The van der Waals surface area contributed by atoms with E-state index in [2.05, 4.69) is 124 Å². The lowest BCUT2D eigenvalue weighted by Crippen LogP contribution is -2.25. The molecular formula is C33H28N2. The van der Waals surface area contributed by atoms with Crippen LogP contribution >= 0.6 is 0 Å². The van der Waals surface area contributed by atoms with Crippen LogP contribution < -0.4 is 4.90 Å². The number of para-hydroxylation sites is 2. The summed E-state index contributed by atoms with van der Waals surface area (Å²) >= 11 is 0. The molecule has 0 spiro atoms. The third-order valence-corrected chi connectivity index (χ3v) is 8.26. The predicted molar refractivity (Wildman–Crippen MR) is 146 cm³/mol. The number of nitrogens with zero attached hydrogens (tertiary/aromatic N) is 2. The Labute approximate surface area is 206 Å². The van der Waals surface area contributed by atoms with E-state index in [1.54, 1.807) is 0 Å². The summed E-state index contributed by atoms with van der Waals surface area (Å²) in [7, 11) is 0. The molecule has 2 heteroatoms. The van der Waals surface area contributed by atoms with Gasteiger partial charge in [0, 0.05) is 39.5 Å². The van der Waals surface area contributed by atoms with Crippen molar-refractivity contribution in [2.75, 3.05) is 4.90 Å². The SMILES string of the molecule is CC1(C)c2cc(N(c3ccccc3)c3ccccc3)cc3c2-c2c1ccc1nccc(c21)C3(C)C. The number of aromatic nitrogens is 1. The first-order valence-electron chi connectivity index (χ1n) is 12.4. The van der Waals surface area contributed by atoms with Gasteiger partial charge in [-0.05, 0) is 81.9 Å². The summed E-state index contributed by atoms with van der Waals surface area (Å²) in [6.07, 6.45) is 1.97. The second-order valence-corrected chi connectivity index (χ2v) is 10.9. The minimum atomic E-state index is -0.133. The van der Waals surface area contributed by atoms with Gasteiger partial charge in [0.15, 0.2) is 0 Å². The number of hydrogen-bond acceptors (Lipinski definition) is 2. The minimum absolute atomic E-state index is 0.0871. The molecule has 0 unspecified atom stereocenters. The third-order valence-electron chi connectivity index (χ3n) is 8.26. The Balaban J connectivity index is 1.59. The largest absolute Gasteiger partial charge is 0.310 e. The van der Waals surface area contributed by atoms with Crippen LogP contribution in [0.3, 0.4) is 0 Å². The van der Waals surface area contributed by atoms with Crippen LogP contribution in [0.4, 0.5) is 17.1 Å². The molecule has 0 fully saturated rings. The lowest BCUT2D eigenvalue weighted by molar-refractivity contribution is 0.639. The molecule has 0 aliphatic heterocycles. The number of rotatable bonds is 3. The molecule has 4 aromatic carbocycles. The molecular weight excluding hydrogens is 424 g/mol. The Bertz CT molecular complexity index is 1590. The first kappa shape index (κ1) is 20.5. The van der Waals surface area contributed by atoms with Crippen molar-refractivity contribution in [3.05, 3.63) is 119 Å². The molecule has 0 saturated heterocycles. The Morgan fingerprint density at radius 2 is 1.11 bits per heavy atom. The topological polar surface area (TPSA) is 16.1 Å². The molecule has 7 rings (SSSR count). The van der Waals surface area contributed by atoms with Crippen LogP contribution in [0.2, 0.25) is 0 Å². The van der Waals surface area contributed by atoms with Gasteiger partial charge in [-0.2, -0.15) is 0 Å². The highest BCUT2D eigenvalue weighted by Crippen LogP contribution is 2.60. The highest BCUT2D eigenvalue weighted by molar-refractivity contribution is 6.07. The van der Waals surface area contributed by atoms with Crippen molar-refractivity contribution < 1.29 is 0 Å². The van der Waals surface area contributed by atoms with Gasteiger partial charge in [-0.3, -0.25) is 4.98 Å². The number of benzene rings is 4. The summed E-state index contributed by atoms with van der Waals surface area (Å²) in [5.74, 6) is 0. The summed E-state index contributed by atoms with van der Waals surface area (Å²) < 4.78 is 0. The van der Waals surface area contributed by atoms with E-state index in [4.69, 9.17) is 4.98 Å². The Kier molecular flexibility index (Phi) is 3.99. The standard InChI is InChI=1S/C33H28N2/c1-32(2)24-15-16-28-30-25(17-18-34-28)33(3,4)27-20-23(19-26(32)29(27)31(24)30)35(21-11-7-5-8-12-21)22-13-9-6-10-14-22/h5-20H,1-4H3. The summed E-state index contributed by atoms with van der Waals surface area (Å²) in [6.45, 7) is 9.50. The summed E-state index contributed by atoms with van der Waals surface area (Å²) in [5.41, 5.74) is 12.8. The Hall–Kier alpha value is -3.91. The predicted octanol–water partition coefficient (Wildman–Crippen LogP) is 8.65. The zero-order valence-electron chi connectivity index (χ0n) is 20.6. The zero-order valence-corrected chi connectivity index (χ0v) is 20.6. The van der Waals surface area contributed by atoms with Crippen molar-refractivity contribution in [2.45, 2.75) is 38.5 Å². The average Bonchev–Trinajstić information content (AvgIpc) is 3.11. The molecule has 0 bridgehead atoms. The maximum Gasteiger partial charge on any atom is 0.0711 e. The molecule has 0 N–H and O–H groups in total. The zero-order chi connectivity index (χ0) is 23.9. The van der Waals surface area contributed by atoms with E-state index in [-0.39, 0.29) is 10.8 Å². The highest BCUT2D eigenvalue weighted by atomic mass is 15.1. The molecule has 0 atom stereocenters. The maximum atomic E-state index is 4.75. The van der Waals surface area contributed by atoms with Gasteiger partial charge >= 0.3 is 0 Å². The summed E-state index contributed by atoms with van der Waals surface area (Å²) in [5, 5.41) is 1.34. The van der Waals surface area contributed by atoms with E-state index in [0.29, 0.717) is 0 Å². The quantitative estimate of drug-likeness (QED) is 0.272. The number of pyridine rings is 1. The number of hydrogen-bond donors (Lipinski definition) is 0. The van der Waals surface area contributed by atoms with E-state index in [9.17, 15) is 0 Å². The second kappa shape index (κ2) is 6.82. The molecule has 0 radical (unpaired) electrons. The van der Waals surface area contributed by atoms with E-state index >= 15 is 0 Å². The minimum Gasteiger partial charge on any atom is -0.310 e. The van der Waals surface area contributed by atoms with E-state index < -0.39 is 0 Å². The lowest BCUT2D eigenvalue weighted by Gasteiger charge is -2.36.